The predicted molar refractivity (Wildman–Crippen MR) is 56.4 cm³/mol. The second kappa shape index (κ2) is 4.91. The standard InChI is InChI=1S/C11H12ClN/c1-2-3-7-11(13)9-5-4-6-10(12)8-9/h1,4-6,8,11H,3,7,13H2. The monoisotopic (exact) mass is 193 g/mol. The van der Waals surface area contributed by atoms with Crippen molar-refractivity contribution in [2.24, 2.45) is 5.73 Å². The van der Waals surface area contributed by atoms with E-state index in [1.54, 1.807) is 0 Å². The molecule has 1 aromatic rings. The van der Waals surface area contributed by atoms with E-state index in [1.807, 2.05) is 24.3 Å². The Hall–Kier alpha value is -0.970. The van der Waals surface area contributed by atoms with Crippen molar-refractivity contribution in [3.8, 4) is 12.3 Å². The van der Waals surface area contributed by atoms with Crippen molar-refractivity contribution in [1.29, 1.82) is 0 Å². The average Bonchev–Trinajstić information content (AvgIpc) is 2.14. The van der Waals surface area contributed by atoms with Gasteiger partial charge in [-0.15, -0.1) is 12.3 Å². The molecule has 0 heterocycles. The smallest absolute Gasteiger partial charge is 0.0409 e. The van der Waals surface area contributed by atoms with Crippen LogP contribution in [0.3, 0.4) is 0 Å². The van der Waals surface area contributed by atoms with Crippen LogP contribution in [0.1, 0.15) is 24.4 Å². The van der Waals surface area contributed by atoms with E-state index in [-0.39, 0.29) is 6.04 Å². The predicted octanol–water partition coefficient (Wildman–Crippen LogP) is 2.75. The van der Waals surface area contributed by atoms with E-state index >= 15 is 0 Å². The van der Waals surface area contributed by atoms with Crippen molar-refractivity contribution in [2.45, 2.75) is 18.9 Å². The van der Waals surface area contributed by atoms with Gasteiger partial charge in [-0.25, -0.2) is 0 Å². The van der Waals surface area contributed by atoms with Crippen LogP contribution in [0.5, 0.6) is 0 Å². The van der Waals surface area contributed by atoms with Crippen molar-refractivity contribution in [3.63, 3.8) is 0 Å². The molecule has 0 spiro atoms. The van der Waals surface area contributed by atoms with Gasteiger partial charge in [-0.1, -0.05) is 23.7 Å². The van der Waals surface area contributed by atoms with Crippen LogP contribution in [-0.2, 0) is 0 Å². The van der Waals surface area contributed by atoms with Crippen LogP contribution in [0, 0.1) is 12.3 Å². The molecule has 0 saturated carbocycles. The van der Waals surface area contributed by atoms with Crippen LogP contribution in [0.25, 0.3) is 0 Å². The molecule has 0 aliphatic carbocycles. The molecule has 1 unspecified atom stereocenters. The summed E-state index contributed by atoms with van der Waals surface area (Å²) >= 11 is 5.83. The Balaban J connectivity index is 2.66. The third kappa shape index (κ3) is 3.10. The van der Waals surface area contributed by atoms with Crippen molar-refractivity contribution >= 4 is 11.6 Å². The van der Waals surface area contributed by atoms with Gasteiger partial charge in [0.25, 0.3) is 0 Å². The number of hydrogen-bond acceptors (Lipinski definition) is 1. The van der Waals surface area contributed by atoms with Gasteiger partial charge in [0.1, 0.15) is 0 Å². The largest absolute Gasteiger partial charge is 0.324 e. The van der Waals surface area contributed by atoms with Gasteiger partial charge in [-0.3, -0.25) is 0 Å². The normalized spacial score (nSPS) is 12.1. The molecule has 0 aliphatic rings. The number of terminal acetylenes is 1. The molecule has 0 amide bonds. The summed E-state index contributed by atoms with van der Waals surface area (Å²) in [6.07, 6.45) is 6.66. The van der Waals surface area contributed by atoms with Crippen LogP contribution in [0.15, 0.2) is 24.3 Å². The summed E-state index contributed by atoms with van der Waals surface area (Å²) in [4.78, 5) is 0. The first-order valence-electron chi connectivity index (χ1n) is 4.18. The number of halogens is 1. The maximum Gasteiger partial charge on any atom is 0.0409 e. The van der Waals surface area contributed by atoms with Gasteiger partial charge < -0.3 is 5.73 Å². The second-order valence-electron chi connectivity index (χ2n) is 2.90. The first-order chi connectivity index (χ1) is 6.24. The molecular weight excluding hydrogens is 182 g/mol. The first-order valence-corrected chi connectivity index (χ1v) is 4.56. The molecule has 2 N–H and O–H groups in total. The number of rotatable bonds is 3. The van der Waals surface area contributed by atoms with Crippen LogP contribution in [0.4, 0.5) is 0 Å². The lowest BCUT2D eigenvalue weighted by molar-refractivity contribution is 0.668. The molecule has 0 aromatic heterocycles. The SMILES string of the molecule is C#CCCC(N)c1cccc(Cl)c1. The Morgan fingerprint density at radius 2 is 2.31 bits per heavy atom. The van der Waals surface area contributed by atoms with E-state index in [1.165, 1.54) is 0 Å². The van der Waals surface area contributed by atoms with E-state index in [0.717, 1.165) is 12.0 Å². The second-order valence-corrected chi connectivity index (χ2v) is 3.34. The van der Waals surface area contributed by atoms with Gasteiger partial charge in [0, 0.05) is 17.5 Å². The van der Waals surface area contributed by atoms with Gasteiger partial charge in [0.15, 0.2) is 0 Å². The number of benzene rings is 1. The van der Waals surface area contributed by atoms with Crippen molar-refractivity contribution in [3.05, 3.63) is 34.9 Å². The Morgan fingerprint density at radius 1 is 1.54 bits per heavy atom. The Labute approximate surface area is 83.9 Å². The molecule has 1 atom stereocenters. The lowest BCUT2D eigenvalue weighted by atomic mass is 10.0. The highest BCUT2D eigenvalue weighted by molar-refractivity contribution is 6.30. The summed E-state index contributed by atoms with van der Waals surface area (Å²) in [5.41, 5.74) is 6.94. The van der Waals surface area contributed by atoms with Crippen molar-refractivity contribution in [1.82, 2.24) is 0 Å². The van der Waals surface area contributed by atoms with Crippen LogP contribution in [0.2, 0.25) is 5.02 Å². The van der Waals surface area contributed by atoms with Gasteiger partial charge in [0.05, 0.1) is 0 Å². The summed E-state index contributed by atoms with van der Waals surface area (Å²) in [6, 6.07) is 7.57. The zero-order chi connectivity index (χ0) is 9.68. The topological polar surface area (TPSA) is 26.0 Å². The maximum absolute atomic E-state index is 5.90. The van der Waals surface area contributed by atoms with E-state index < -0.39 is 0 Å². The number of hydrogen-bond donors (Lipinski definition) is 1. The van der Waals surface area contributed by atoms with Crippen LogP contribution < -0.4 is 5.73 Å². The fourth-order valence-corrected chi connectivity index (χ4v) is 1.34. The lowest BCUT2D eigenvalue weighted by Crippen LogP contribution is -2.09. The zero-order valence-corrected chi connectivity index (χ0v) is 8.09. The summed E-state index contributed by atoms with van der Waals surface area (Å²) < 4.78 is 0. The molecule has 2 heteroatoms. The Morgan fingerprint density at radius 3 is 2.92 bits per heavy atom. The molecule has 0 radical (unpaired) electrons. The molecule has 0 saturated heterocycles. The average molecular weight is 194 g/mol. The van der Waals surface area contributed by atoms with Gasteiger partial charge in [-0.2, -0.15) is 0 Å². The molecule has 1 rings (SSSR count). The quantitative estimate of drug-likeness (QED) is 0.735. The number of nitrogens with two attached hydrogens (primary N) is 1. The molecule has 13 heavy (non-hydrogen) atoms. The summed E-state index contributed by atoms with van der Waals surface area (Å²) in [6.45, 7) is 0. The fraction of sp³-hybridized carbons (Fsp3) is 0.273. The fourth-order valence-electron chi connectivity index (χ4n) is 1.14. The minimum Gasteiger partial charge on any atom is -0.324 e. The summed E-state index contributed by atoms with van der Waals surface area (Å²) in [5.74, 6) is 2.57. The van der Waals surface area contributed by atoms with Crippen LogP contribution >= 0.6 is 11.6 Å². The molecule has 0 aliphatic heterocycles. The summed E-state index contributed by atoms with van der Waals surface area (Å²) in [5, 5.41) is 0.716. The van der Waals surface area contributed by atoms with Gasteiger partial charge in [-0.05, 0) is 24.1 Å². The Bertz CT molecular complexity index is 314. The third-order valence-corrected chi connectivity index (χ3v) is 2.11. The van der Waals surface area contributed by atoms with E-state index in [0.29, 0.717) is 11.4 Å². The highest BCUT2D eigenvalue weighted by Crippen LogP contribution is 2.19. The zero-order valence-electron chi connectivity index (χ0n) is 7.33. The minimum atomic E-state index is -0.00486. The molecule has 1 nitrogen and oxygen atoms in total. The van der Waals surface area contributed by atoms with E-state index in [9.17, 15) is 0 Å². The highest BCUT2D eigenvalue weighted by atomic mass is 35.5. The first kappa shape index (κ1) is 10.1. The van der Waals surface area contributed by atoms with E-state index in [2.05, 4.69) is 5.92 Å². The third-order valence-electron chi connectivity index (χ3n) is 1.88. The Kier molecular flexibility index (Phi) is 3.82. The lowest BCUT2D eigenvalue weighted by Gasteiger charge is -2.09. The maximum atomic E-state index is 5.90. The van der Waals surface area contributed by atoms with Crippen molar-refractivity contribution < 1.29 is 0 Å². The molecular formula is C11H12ClN. The van der Waals surface area contributed by atoms with Crippen LogP contribution in [-0.4, -0.2) is 0 Å². The van der Waals surface area contributed by atoms with E-state index in [4.69, 9.17) is 23.8 Å². The highest BCUT2D eigenvalue weighted by Gasteiger charge is 2.04. The molecule has 68 valence electrons. The molecule has 0 bridgehead atoms. The van der Waals surface area contributed by atoms with Crippen molar-refractivity contribution in [2.75, 3.05) is 0 Å². The van der Waals surface area contributed by atoms with Gasteiger partial charge in [0.2, 0.25) is 0 Å². The minimum absolute atomic E-state index is 0.00486. The molecule has 0 fully saturated rings. The summed E-state index contributed by atoms with van der Waals surface area (Å²) in [7, 11) is 0. The van der Waals surface area contributed by atoms with Gasteiger partial charge >= 0.3 is 0 Å². The molecule has 1 aromatic carbocycles.